The topological polar surface area (TPSA) is 73.0 Å². The highest BCUT2D eigenvalue weighted by atomic mass is 19.1. The number of nitrogens with zero attached hydrogens (tertiary/aromatic N) is 3. The monoisotopic (exact) mass is 328 g/mol. The summed E-state index contributed by atoms with van der Waals surface area (Å²) in [7, 11) is 1.71. The van der Waals surface area contributed by atoms with Crippen LogP contribution in [0.2, 0.25) is 0 Å². The van der Waals surface area contributed by atoms with Crippen LogP contribution < -0.4 is 5.32 Å². The summed E-state index contributed by atoms with van der Waals surface area (Å²) in [5, 5.41) is 10.8. The van der Waals surface area contributed by atoms with Gasteiger partial charge in [-0.3, -0.25) is 9.48 Å². The summed E-state index contributed by atoms with van der Waals surface area (Å²) in [5.74, 6) is -0.496. The van der Waals surface area contributed by atoms with Gasteiger partial charge >= 0.3 is 0 Å². The van der Waals surface area contributed by atoms with Gasteiger partial charge in [0, 0.05) is 24.7 Å². The number of carbonyl (C=O) groups is 1. The average molecular weight is 328 g/mol. The minimum absolute atomic E-state index is 0.191. The molecule has 0 unspecified atom stereocenters. The molecule has 0 bridgehead atoms. The highest BCUT2D eigenvalue weighted by Gasteiger charge is 2.14. The van der Waals surface area contributed by atoms with Crippen LogP contribution >= 0.6 is 0 Å². The number of hydrogen-bond acceptors (Lipinski definition) is 4. The van der Waals surface area contributed by atoms with Crippen LogP contribution in [-0.2, 0) is 13.5 Å². The Kier molecular flexibility index (Phi) is 4.69. The lowest BCUT2D eigenvalue weighted by Crippen LogP contribution is -2.26. The fraction of sp³-hybridized carbons (Fsp3) is 0.235. The Morgan fingerprint density at radius 3 is 2.83 bits per heavy atom. The third-order valence-electron chi connectivity index (χ3n) is 3.66. The highest BCUT2D eigenvalue weighted by molar-refractivity contribution is 5.93. The van der Waals surface area contributed by atoms with Gasteiger partial charge in [-0.2, -0.15) is 5.10 Å². The minimum atomic E-state index is -0.305. The molecular formula is C17H17FN4O2. The van der Waals surface area contributed by atoms with Gasteiger partial charge in [0.2, 0.25) is 0 Å². The van der Waals surface area contributed by atoms with E-state index in [9.17, 15) is 9.18 Å². The molecule has 0 saturated carbocycles. The van der Waals surface area contributed by atoms with E-state index < -0.39 is 0 Å². The fourth-order valence-electron chi connectivity index (χ4n) is 2.38. The first-order valence-electron chi connectivity index (χ1n) is 7.60. The first kappa shape index (κ1) is 15.9. The molecule has 0 spiro atoms. The van der Waals surface area contributed by atoms with E-state index in [0.29, 0.717) is 17.9 Å². The van der Waals surface area contributed by atoms with Crippen molar-refractivity contribution >= 4 is 5.91 Å². The maximum absolute atomic E-state index is 13.0. The Morgan fingerprint density at radius 1 is 1.33 bits per heavy atom. The van der Waals surface area contributed by atoms with E-state index >= 15 is 0 Å². The Labute approximate surface area is 138 Å². The SMILES string of the molecule is Cn1nc(-c2ccc(F)cc2)cc1C(=O)NCCCc1cnoc1. The van der Waals surface area contributed by atoms with E-state index in [1.54, 1.807) is 37.7 Å². The summed E-state index contributed by atoms with van der Waals surface area (Å²) >= 11 is 0. The molecule has 0 aliphatic rings. The summed E-state index contributed by atoms with van der Waals surface area (Å²) in [6.45, 7) is 0.543. The predicted octanol–water partition coefficient (Wildman–Crippen LogP) is 2.58. The summed E-state index contributed by atoms with van der Waals surface area (Å²) in [5.41, 5.74) is 2.85. The third-order valence-corrected chi connectivity index (χ3v) is 3.66. The van der Waals surface area contributed by atoms with Crippen LogP contribution in [0.15, 0.2) is 47.3 Å². The molecule has 0 fully saturated rings. The molecular weight excluding hydrogens is 311 g/mol. The van der Waals surface area contributed by atoms with Crippen molar-refractivity contribution in [3.8, 4) is 11.3 Å². The van der Waals surface area contributed by atoms with Gasteiger partial charge in [0.25, 0.3) is 5.91 Å². The van der Waals surface area contributed by atoms with Crippen LogP contribution in [0.5, 0.6) is 0 Å². The molecule has 0 aliphatic heterocycles. The number of halogens is 1. The number of aromatic nitrogens is 3. The van der Waals surface area contributed by atoms with Crippen LogP contribution in [0.25, 0.3) is 11.3 Å². The van der Waals surface area contributed by atoms with Crippen LogP contribution in [0, 0.1) is 5.82 Å². The van der Waals surface area contributed by atoms with Crippen molar-refractivity contribution in [2.75, 3.05) is 6.54 Å². The molecule has 1 N–H and O–H groups in total. The Hall–Kier alpha value is -2.96. The molecule has 2 aromatic heterocycles. The second kappa shape index (κ2) is 7.08. The minimum Gasteiger partial charge on any atom is -0.364 e. The van der Waals surface area contributed by atoms with Crippen molar-refractivity contribution in [3.63, 3.8) is 0 Å². The lowest BCUT2D eigenvalue weighted by Gasteiger charge is -2.04. The molecule has 1 aromatic carbocycles. The summed E-state index contributed by atoms with van der Waals surface area (Å²) in [4.78, 5) is 12.3. The predicted molar refractivity (Wildman–Crippen MR) is 85.8 cm³/mol. The smallest absolute Gasteiger partial charge is 0.269 e. The lowest BCUT2D eigenvalue weighted by atomic mass is 10.1. The normalized spacial score (nSPS) is 10.8. The van der Waals surface area contributed by atoms with E-state index in [0.717, 1.165) is 24.0 Å². The fourth-order valence-corrected chi connectivity index (χ4v) is 2.38. The summed E-state index contributed by atoms with van der Waals surface area (Å²) in [6, 6.07) is 7.71. The second-order valence-corrected chi connectivity index (χ2v) is 5.44. The molecule has 0 radical (unpaired) electrons. The van der Waals surface area contributed by atoms with E-state index in [2.05, 4.69) is 15.6 Å². The largest absolute Gasteiger partial charge is 0.364 e. The maximum Gasteiger partial charge on any atom is 0.269 e. The van der Waals surface area contributed by atoms with Crippen molar-refractivity contribution in [3.05, 3.63) is 59.9 Å². The lowest BCUT2D eigenvalue weighted by molar-refractivity contribution is 0.0944. The van der Waals surface area contributed by atoms with Gasteiger partial charge in [-0.15, -0.1) is 0 Å². The van der Waals surface area contributed by atoms with Crippen LogP contribution in [0.1, 0.15) is 22.5 Å². The molecule has 2 heterocycles. The van der Waals surface area contributed by atoms with Gasteiger partial charge in [0.1, 0.15) is 17.8 Å². The number of nitrogens with one attached hydrogen (secondary N) is 1. The first-order chi connectivity index (χ1) is 11.6. The van der Waals surface area contributed by atoms with E-state index in [1.165, 1.54) is 16.8 Å². The molecule has 3 aromatic rings. The van der Waals surface area contributed by atoms with E-state index in [4.69, 9.17) is 4.52 Å². The average Bonchev–Trinajstić information content (AvgIpc) is 3.22. The van der Waals surface area contributed by atoms with Crippen LogP contribution in [0.3, 0.4) is 0 Å². The zero-order chi connectivity index (χ0) is 16.9. The number of rotatable bonds is 6. The Morgan fingerprint density at radius 2 is 2.12 bits per heavy atom. The number of aryl methyl sites for hydroxylation is 2. The van der Waals surface area contributed by atoms with Gasteiger partial charge in [-0.1, -0.05) is 5.16 Å². The molecule has 124 valence electrons. The van der Waals surface area contributed by atoms with Crippen molar-refractivity contribution in [1.82, 2.24) is 20.3 Å². The van der Waals surface area contributed by atoms with Crippen LogP contribution in [0.4, 0.5) is 4.39 Å². The van der Waals surface area contributed by atoms with Gasteiger partial charge in [0.05, 0.1) is 11.9 Å². The van der Waals surface area contributed by atoms with Crippen molar-refractivity contribution in [2.45, 2.75) is 12.8 Å². The molecule has 1 amide bonds. The molecule has 24 heavy (non-hydrogen) atoms. The molecule has 7 heteroatoms. The van der Waals surface area contributed by atoms with E-state index in [1.807, 2.05) is 0 Å². The Bertz CT molecular complexity index is 810. The molecule has 3 rings (SSSR count). The zero-order valence-corrected chi connectivity index (χ0v) is 13.2. The Balaban J connectivity index is 1.59. The summed E-state index contributed by atoms with van der Waals surface area (Å²) in [6.07, 6.45) is 4.83. The number of hydrogen-bond donors (Lipinski definition) is 1. The third kappa shape index (κ3) is 3.68. The second-order valence-electron chi connectivity index (χ2n) is 5.44. The zero-order valence-electron chi connectivity index (χ0n) is 13.2. The van der Waals surface area contributed by atoms with Gasteiger partial charge in [0.15, 0.2) is 0 Å². The number of carbonyl (C=O) groups excluding carboxylic acids is 1. The van der Waals surface area contributed by atoms with Crippen molar-refractivity contribution in [2.24, 2.45) is 7.05 Å². The van der Waals surface area contributed by atoms with Crippen molar-refractivity contribution < 1.29 is 13.7 Å². The standard InChI is InChI=1S/C17H17FN4O2/c1-22-16(9-15(21-22)13-4-6-14(18)7-5-13)17(23)19-8-2-3-12-10-20-24-11-12/h4-7,9-11H,2-3,8H2,1H3,(H,19,23). The van der Waals surface area contributed by atoms with E-state index in [-0.39, 0.29) is 11.7 Å². The van der Waals surface area contributed by atoms with Gasteiger partial charge in [-0.25, -0.2) is 4.39 Å². The van der Waals surface area contributed by atoms with Gasteiger partial charge in [-0.05, 0) is 43.2 Å². The van der Waals surface area contributed by atoms with Crippen LogP contribution in [-0.4, -0.2) is 27.4 Å². The first-order valence-corrected chi connectivity index (χ1v) is 7.60. The van der Waals surface area contributed by atoms with Gasteiger partial charge < -0.3 is 9.84 Å². The number of amides is 1. The molecule has 0 saturated heterocycles. The molecule has 0 atom stereocenters. The quantitative estimate of drug-likeness (QED) is 0.706. The molecule has 6 nitrogen and oxygen atoms in total. The summed E-state index contributed by atoms with van der Waals surface area (Å²) < 4.78 is 19.3. The maximum atomic E-state index is 13.0. The number of benzene rings is 1. The van der Waals surface area contributed by atoms with Crippen molar-refractivity contribution in [1.29, 1.82) is 0 Å². The molecule has 0 aliphatic carbocycles. The highest BCUT2D eigenvalue weighted by Crippen LogP contribution is 2.19.